The molecule has 0 saturated carbocycles. The summed E-state index contributed by atoms with van der Waals surface area (Å²) in [5, 5.41) is 5.64. The molecule has 3 amide bonds. The van der Waals surface area contributed by atoms with Gasteiger partial charge in [-0.15, -0.1) is 0 Å². The van der Waals surface area contributed by atoms with Gasteiger partial charge in [-0.1, -0.05) is 30.3 Å². The second kappa shape index (κ2) is 9.34. The first-order valence-corrected chi connectivity index (χ1v) is 10.3. The Bertz CT molecular complexity index is 1160. The molecule has 0 radical (unpaired) electrons. The molecule has 7 nitrogen and oxygen atoms in total. The molecule has 4 rings (SSSR count). The van der Waals surface area contributed by atoms with Crippen LogP contribution in [-0.2, 0) is 4.79 Å². The molecule has 7 heteroatoms. The van der Waals surface area contributed by atoms with Crippen molar-refractivity contribution in [2.24, 2.45) is 0 Å². The standard InChI is InChI=1S/C25H23N3O4/c1-32-22-16-18(13-14-21(22)28-15-7-12-23(28)29)26-25(31)19-10-5-6-11-20(19)27-24(30)17-8-3-2-4-9-17/h2-6,8-11,13-14,16H,7,12,15H2,1H3,(H,26,31)(H,27,30). The summed E-state index contributed by atoms with van der Waals surface area (Å²) in [7, 11) is 1.53. The molecular formula is C25H23N3O4. The number of nitrogens with one attached hydrogen (secondary N) is 2. The number of anilines is 3. The zero-order valence-electron chi connectivity index (χ0n) is 17.6. The molecule has 1 saturated heterocycles. The number of hydrogen-bond acceptors (Lipinski definition) is 4. The molecule has 2 N–H and O–H groups in total. The largest absolute Gasteiger partial charge is 0.494 e. The predicted molar refractivity (Wildman–Crippen MR) is 123 cm³/mol. The lowest BCUT2D eigenvalue weighted by atomic mass is 10.1. The molecule has 1 fully saturated rings. The Morgan fingerprint density at radius 3 is 2.38 bits per heavy atom. The van der Waals surface area contributed by atoms with E-state index in [0.29, 0.717) is 46.9 Å². The highest BCUT2D eigenvalue weighted by atomic mass is 16.5. The maximum absolute atomic E-state index is 13.0. The summed E-state index contributed by atoms with van der Waals surface area (Å²) in [5.41, 5.74) is 2.44. The highest BCUT2D eigenvalue weighted by molar-refractivity contribution is 6.12. The van der Waals surface area contributed by atoms with Crippen molar-refractivity contribution in [2.75, 3.05) is 29.2 Å². The second-order valence-electron chi connectivity index (χ2n) is 7.36. The van der Waals surface area contributed by atoms with E-state index in [4.69, 9.17) is 4.74 Å². The Balaban J connectivity index is 1.53. The van der Waals surface area contributed by atoms with E-state index in [1.54, 1.807) is 71.6 Å². The van der Waals surface area contributed by atoms with Crippen molar-refractivity contribution in [1.29, 1.82) is 0 Å². The average Bonchev–Trinajstić information content (AvgIpc) is 3.25. The number of nitrogens with zero attached hydrogens (tertiary/aromatic N) is 1. The number of rotatable bonds is 6. The number of para-hydroxylation sites is 1. The van der Waals surface area contributed by atoms with Crippen LogP contribution >= 0.6 is 0 Å². The third-order valence-corrected chi connectivity index (χ3v) is 5.26. The van der Waals surface area contributed by atoms with Crippen molar-refractivity contribution < 1.29 is 19.1 Å². The van der Waals surface area contributed by atoms with Gasteiger partial charge in [0.15, 0.2) is 0 Å². The van der Waals surface area contributed by atoms with Crippen LogP contribution in [0.2, 0.25) is 0 Å². The van der Waals surface area contributed by atoms with Crippen molar-refractivity contribution in [2.45, 2.75) is 12.8 Å². The topological polar surface area (TPSA) is 87.7 Å². The van der Waals surface area contributed by atoms with Crippen LogP contribution < -0.4 is 20.3 Å². The van der Waals surface area contributed by atoms with E-state index in [1.165, 1.54) is 7.11 Å². The Hall–Kier alpha value is -4.13. The van der Waals surface area contributed by atoms with Gasteiger partial charge in [-0.3, -0.25) is 14.4 Å². The van der Waals surface area contributed by atoms with Crippen molar-refractivity contribution in [3.63, 3.8) is 0 Å². The van der Waals surface area contributed by atoms with Crippen LogP contribution in [0.15, 0.2) is 72.8 Å². The summed E-state index contributed by atoms with van der Waals surface area (Å²) in [6, 6.07) is 20.8. The van der Waals surface area contributed by atoms with Crippen LogP contribution in [0, 0.1) is 0 Å². The first-order valence-electron chi connectivity index (χ1n) is 10.3. The molecule has 0 unspecified atom stereocenters. The summed E-state index contributed by atoms with van der Waals surface area (Å²) >= 11 is 0. The minimum atomic E-state index is -0.374. The fraction of sp³-hybridized carbons (Fsp3) is 0.160. The predicted octanol–water partition coefficient (Wildman–Crippen LogP) is 4.33. The second-order valence-corrected chi connectivity index (χ2v) is 7.36. The van der Waals surface area contributed by atoms with Crippen molar-refractivity contribution >= 4 is 34.8 Å². The first kappa shape index (κ1) is 21.1. The van der Waals surface area contributed by atoms with Crippen LogP contribution in [0.3, 0.4) is 0 Å². The van der Waals surface area contributed by atoms with E-state index in [2.05, 4.69) is 10.6 Å². The monoisotopic (exact) mass is 429 g/mol. The van der Waals surface area contributed by atoms with Gasteiger partial charge >= 0.3 is 0 Å². The molecule has 0 atom stereocenters. The van der Waals surface area contributed by atoms with Crippen LogP contribution in [0.4, 0.5) is 17.1 Å². The lowest BCUT2D eigenvalue weighted by Gasteiger charge is -2.20. The number of carbonyl (C=O) groups is 3. The number of carbonyl (C=O) groups excluding carboxylic acids is 3. The number of ether oxygens (including phenoxy) is 1. The highest BCUT2D eigenvalue weighted by Gasteiger charge is 2.24. The molecule has 0 aliphatic carbocycles. The quantitative estimate of drug-likeness (QED) is 0.611. The molecule has 3 aromatic carbocycles. The molecule has 0 aromatic heterocycles. The van der Waals surface area contributed by atoms with Gasteiger partial charge in [0.2, 0.25) is 5.91 Å². The molecule has 162 valence electrons. The molecule has 1 aliphatic heterocycles. The minimum Gasteiger partial charge on any atom is -0.494 e. The van der Waals surface area contributed by atoms with Gasteiger partial charge in [-0.2, -0.15) is 0 Å². The Kier molecular flexibility index (Phi) is 6.17. The molecule has 32 heavy (non-hydrogen) atoms. The summed E-state index contributed by atoms with van der Waals surface area (Å²) in [6.45, 7) is 0.648. The molecule has 3 aromatic rings. The Morgan fingerprint density at radius 1 is 0.906 bits per heavy atom. The summed E-state index contributed by atoms with van der Waals surface area (Å²) in [6.07, 6.45) is 1.33. The fourth-order valence-electron chi connectivity index (χ4n) is 3.65. The van der Waals surface area contributed by atoms with Crippen molar-refractivity contribution in [3.8, 4) is 5.75 Å². The maximum atomic E-state index is 13.0. The first-order chi connectivity index (χ1) is 15.6. The zero-order chi connectivity index (χ0) is 22.5. The Morgan fingerprint density at radius 2 is 1.66 bits per heavy atom. The molecule has 0 spiro atoms. The minimum absolute atomic E-state index is 0.0585. The van der Waals surface area contributed by atoms with E-state index in [1.807, 2.05) is 6.07 Å². The Labute approximate surface area is 186 Å². The third kappa shape index (κ3) is 4.46. The van der Waals surface area contributed by atoms with Gasteiger partial charge in [0.05, 0.1) is 24.0 Å². The van der Waals surface area contributed by atoms with Gasteiger partial charge in [-0.05, 0) is 42.8 Å². The van der Waals surface area contributed by atoms with Crippen LogP contribution in [-0.4, -0.2) is 31.4 Å². The van der Waals surface area contributed by atoms with Crippen molar-refractivity contribution in [1.82, 2.24) is 0 Å². The number of hydrogen-bond donors (Lipinski definition) is 2. The fourth-order valence-corrected chi connectivity index (χ4v) is 3.65. The molecule has 1 aliphatic rings. The van der Waals surface area contributed by atoms with E-state index in [9.17, 15) is 14.4 Å². The summed E-state index contributed by atoms with van der Waals surface area (Å²) in [5.74, 6) is -0.111. The van der Waals surface area contributed by atoms with E-state index >= 15 is 0 Å². The highest BCUT2D eigenvalue weighted by Crippen LogP contribution is 2.34. The van der Waals surface area contributed by atoms with Crippen LogP contribution in [0.5, 0.6) is 5.75 Å². The zero-order valence-corrected chi connectivity index (χ0v) is 17.6. The number of benzene rings is 3. The SMILES string of the molecule is COc1cc(NC(=O)c2ccccc2NC(=O)c2ccccc2)ccc1N1CCCC1=O. The summed E-state index contributed by atoms with van der Waals surface area (Å²) < 4.78 is 5.46. The summed E-state index contributed by atoms with van der Waals surface area (Å²) in [4.78, 5) is 39.3. The average molecular weight is 429 g/mol. The van der Waals surface area contributed by atoms with Crippen LogP contribution in [0.25, 0.3) is 0 Å². The number of amides is 3. The molecule has 1 heterocycles. The molecule has 0 bridgehead atoms. The smallest absolute Gasteiger partial charge is 0.257 e. The normalized spacial score (nSPS) is 13.0. The van der Waals surface area contributed by atoms with Crippen molar-refractivity contribution in [3.05, 3.63) is 83.9 Å². The maximum Gasteiger partial charge on any atom is 0.257 e. The van der Waals surface area contributed by atoms with Gasteiger partial charge in [0, 0.05) is 30.3 Å². The van der Waals surface area contributed by atoms with E-state index in [0.717, 1.165) is 6.42 Å². The van der Waals surface area contributed by atoms with E-state index < -0.39 is 0 Å². The van der Waals surface area contributed by atoms with Crippen LogP contribution in [0.1, 0.15) is 33.6 Å². The number of methoxy groups -OCH3 is 1. The third-order valence-electron chi connectivity index (χ3n) is 5.26. The van der Waals surface area contributed by atoms with Gasteiger partial charge < -0.3 is 20.3 Å². The van der Waals surface area contributed by atoms with Gasteiger partial charge in [0.25, 0.3) is 11.8 Å². The lowest BCUT2D eigenvalue weighted by Crippen LogP contribution is -2.24. The van der Waals surface area contributed by atoms with Gasteiger partial charge in [0.1, 0.15) is 5.75 Å². The molecular weight excluding hydrogens is 406 g/mol. The van der Waals surface area contributed by atoms with Gasteiger partial charge in [-0.25, -0.2) is 0 Å². The lowest BCUT2D eigenvalue weighted by molar-refractivity contribution is -0.117. The van der Waals surface area contributed by atoms with E-state index in [-0.39, 0.29) is 17.7 Å².